The van der Waals surface area contributed by atoms with Crippen molar-refractivity contribution in [2.45, 2.75) is 30.5 Å². The fourth-order valence-corrected chi connectivity index (χ4v) is 4.22. The van der Waals surface area contributed by atoms with E-state index >= 15 is 0 Å². The molecule has 1 atom stereocenters. The first-order chi connectivity index (χ1) is 14.5. The maximum Gasteiger partial charge on any atom is 0.490 e. The lowest BCUT2D eigenvalue weighted by molar-refractivity contribution is -0.192. The molecule has 0 saturated carbocycles. The highest BCUT2D eigenvalue weighted by Gasteiger charge is 2.38. The molecule has 1 aliphatic rings. The number of rotatable bonds is 4. The fraction of sp³-hybridized carbons (Fsp3) is 0.353. The lowest BCUT2D eigenvalue weighted by Crippen LogP contribution is -2.33. The fourth-order valence-electron chi connectivity index (χ4n) is 3.08. The van der Waals surface area contributed by atoms with Gasteiger partial charge >= 0.3 is 17.8 Å². The maximum atomic E-state index is 12.5. The molecule has 14 heteroatoms. The Morgan fingerprint density at radius 2 is 1.97 bits per heavy atom. The number of imidazole rings is 2. The molecular formula is C17H18F3N5O5S. The molecule has 4 N–H and O–H groups in total. The Labute approximate surface area is 173 Å². The van der Waals surface area contributed by atoms with E-state index in [1.54, 1.807) is 12.3 Å². The van der Waals surface area contributed by atoms with Crippen molar-refractivity contribution in [2.75, 3.05) is 6.54 Å². The first-order valence-corrected chi connectivity index (χ1v) is 10.5. The summed E-state index contributed by atoms with van der Waals surface area (Å²) in [5.74, 6) is -1.53. The molecule has 0 amide bonds. The standard InChI is InChI=1S/C15H17N5O3S.C2HF3O2/c21-15-18-12-2-1-11(8-13(12)19-15)24(22,23)17-9-10-3-5-20-6-4-16-14(20)7-10;3-2(4,5)1(6)7/h1-2,4,6,8,10,17H,3,5,7,9H2,(H2,18,19,21);(H,6,7). The van der Waals surface area contributed by atoms with Gasteiger partial charge in [-0.3, -0.25) is 0 Å². The van der Waals surface area contributed by atoms with E-state index in [1.165, 1.54) is 12.1 Å². The van der Waals surface area contributed by atoms with Gasteiger partial charge in [-0.1, -0.05) is 0 Å². The lowest BCUT2D eigenvalue weighted by Gasteiger charge is -2.23. The molecule has 4 rings (SSSR count). The second-order valence-corrected chi connectivity index (χ2v) is 8.60. The summed E-state index contributed by atoms with van der Waals surface area (Å²) in [6.45, 7) is 1.23. The van der Waals surface area contributed by atoms with E-state index in [4.69, 9.17) is 9.90 Å². The number of fused-ring (bicyclic) bond motifs is 2. The van der Waals surface area contributed by atoms with Gasteiger partial charge in [0.05, 0.1) is 15.9 Å². The van der Waals surface area contributed by atoms with Crippen LogP contribution in [0.5, 0.6) is 0 Å². The predicted molar refractivity (Wildman–Crippen MR) is 102 cm³/mol. The van der Waals surface area contributed by atoms with E-state index in [0.29, 0.717) is 17.6 Å². The molecule has 0 fully saturated rings. The number of aromatic amines is 2. The van der Waals surface area contributed by atoms with Crippen LogP contribution in [0.15, 0.2) is 40.3 Å². The number of aromatic nitrogens is 4. The molecule has 1 unspecified atom stereocenters. The van der Waals surface area contributed by atoms with Crippen LogP contribution in [-0.4, -0.2) is 51.7 Å². The second kappa shape index (κ2) is 8.55. The van der Waals surface area contributed by atoms with Crippen LogP contribution in [0.1, 0.15) is 12.2 Å². The van der Waals surface area contributed by atoms with E-state index in [1.807, 2.05) is 6.20 Å². The van der Waals surface area contributed by atoms with Crippen molar-refractivity contribution in [1.29, 1.82) is 0 Å². The average molecular weight is 461 g/mol. The van der Waals surface area contributed by atoms with Crippen molar-refractivity contribution in [3.05, 3.63) is 46.9 Å². The van der Waals surface area contributed by atoms with Crippen LogP contribution in [0.2, 0.25) is 0 Å². The van der Waals surface area contributed by atoms with Gasteiger partial charge in [0, 0.05) is 31.9 Å². The molecule has 1 aromatic carbocycles. The van der Waals surface area contributed by atoms with Crippen LogP contribution in [-0.2, 0) is 27.8 Å². The molecule has 0 radical (unpaired) electrons. The highest BCUT2D eigenvalue weighted by molar-refractivity contribution is 7.89. The van der Waals surface area contributed by atoms with Crippen molar-refractivity contribution in [2.24, 2.45) is 5.92 Å². The SMILES string of the molecule is O=C(O)C(F)(F)F.O=c1[nH]c2ccc(S(=O)(=O)NCC3CCn4ccnc4C3)cc2[nH]1. The number of benzene rings is 1. The van der Waals surface area contributed by atoms with Gasteiger partial charge in [0.15, 0.2) is 0 Å². The summed E-state index contributed by atoms with van der Waals surface area (Å²) >= 11 is 0. The monoisotopic (exact) mass is 461 g/mol. The Balaban J connectivity index is 0.000000339. The number of carbonyl (C=O) groups is 1. The zero-order chi connectivity index (χ0) is 22.8. The summed E-state index contributed by atoms with van der Waals surface area (Å²) < 4.78 is 61.5. The van der Waals surface area contributed by atoms with Gasteiger partial charge in [-0.25, -0.2) is 27.7 Å². The van der Waals surface area contributed by atoms with Gasteiger partial charge in [-0.15, -0.1) is 0 Å². The first-order valence-electron chi connectivity index (χ1n) is 8.97. The number of aryl methyl sites for hydroxylation is 1. The molecule has 3 aromatic rings. The molecule has 1 aliphatic heterocycles. The first kappa shape index (κ1) is 22.6. The van der Waals surface area contributed by atoms with Crippen LogP contribution in [0.25, 0.3) is 11.0 Å². The minimum absolute atomic E-state index is 0.141. The Kier molecular flexibility index (Phi) is 6.22. The number of hydrogen-bond acceptors (Lipinski definition) is 5. The summed E-state index contributed by atoms with van der Waals surface area (Å²) in [7, 11) is -3.62. The highest BCUT2D eigenvalue weighted by atomic mass is 32.2. The van der Waals surface area contributed by atoms with Gasteiger partial charge in [-0.05, 0) is 30.5 Å². The average Bonchev–Trinajstić information content (AvgIpc) is 3.30. The molecule has 168 valence electrons. The Bertz CT molecular complexity index is 1240. The van der Waals surface area contributed by atoms with Gasteiger partial charge < -0.3 is 19.6 Å². The largest absolute Gasteiger partial charge is 0.490 e. The summed E-state index contributed by atoms with van der Waals surface area (Å²) in [6.07, 6.45) is 0.313. The molecule has 3 heterocycles. The Morgan fingerprint density at radius 3 is 2.65 bits per heavy atom. The van der Waals surface area contributed by atoms with E-state index in [0.717, 1.165) is 25.2 Å². The third-order valence-corrected chi connectivity index (χ3v) is 6.07. The number of sulfonamides is 1. The lowest BCUT2D eigenvalue weighted by atomic mass is 9.98. The Morgan fingerprint density at radius 1 is 1.29 bits per heavy atom. The van der Waals surface area contributed by atoms with E-state index in [-0.39, 0.29) is 16.5 Å². The van der Waals surface area contributed by atoms with Crippen molar-refractivity contribution in [3.8, 4) is 0 Å². The number of carboxylic acids is 1. The number of nitrogens with one attached hydrogen (secondary N) is 3. The highest BCUT2D eigenvalue weighted by Crippen LogP contribution is 2.20. The third-order valence-electron chi connectivity index (χ3n) is 4.65. The number of carboxylic acid groups (broad SMARTS) is 1. The predicted octanol–water partition coefficient (Wildman–Crippen LogP) is 1.23. The molecule has 31 heavy (non-hydrogen) atoms. The van der Waals surface area contributed by atoms with Crippen LogP contribution in [0.3, 0.4) is 0 Å². The number of H-pyrrole nitrogens is 2. The summed E-state index contributed by atoms with van der Waals surface area (Å²) in [4.78, 5) is 29.8. The summed E-state index contributed by atoms with van der Waals surface area (Å²) in [5, 5.41) is 7.12. The quantitative estimate of drug-likeness (QED) is 0.459. The number of halogens is 3. The smallest absolute Gasteiger partial charge is 0.475 e. The molecule has 0 bridgehead atoms. The number of nitrogens with zero attached hydrogens (tertiary/aromatic N) is 2. The van der Waals surface area contributed by atoms with E-state index in [9.17, 15) is 26.4 Å². The zero-order valence-electron chi connectivity index (χ0n) is 15.8. The molecule has 0 aliphatic carbocycles. The van der Waals surface area contributed by atoms with Gasteiger partial charge in [0.1, 0.15) is 5.82 Å². The number of hydrogen-bond donors (Lipinski definition) is 4. The Hall–Kier alpha value is -3.13. The molecule has 2 aromatic heterocycles. The van der Waals surface area contributed by atoms with Crippen molar-refractivity contribution in [3.63, 3.8) is 0 Å². The molecule has 10 nitrogen and oxygen atoms in total. The molecular weight excluding hydrogens is 443 g/mol. The minimum atomic E-state index is -5.08. The summed E-state index contributed by atoms with van der Waals surface area (Å²) in [5.41, 5.74) is 0.700. The van der Waals surface area contributed by atoms with Crippen molar-refractivity contribution >= 4 is 27.0 Å². The minimum Gasteiger partial charge on any atom is -0.475 e. The van der Waals surface area contributed by atoms with Gasteiger partial charge in [-0.2, -0.15) is 13.2 Å². The van der Waals surface area contributed by atoms with Crippen LogP contribution in [0.4, 0.5) is 13.2 Å². The van der Waals surface area contributed by atoms with Crippen LogP contribution >= 0.6 is 0 Å². The maximum absolute atomic E-state index is 12.5. The molecule has 0 spiro atoms. The second-order valence-electron chi connectivity index (χ2n) is 6.84. The molecule has 0 saturated heterocycles. The van der Waals surface area contributed by atoms with Crippen molar-refractivity contribution < 1.29 is 31.5 Å². The van der Waals surface area contributed by atoms with E-state index in [2.05, 4.69) is 24.2 Å². The van der Waals surface area contributed by atoms with Crippen LogP contribution in [0, 0.1) is 5.92 Å². The van der Waals surface area contributed by atoms with Gasteiger partial charge in [0.25, 0.3) is 0 Å². The van der Waals surface area contributed by atoms with Crippen LogP contribution < -0.4 is 10.4 Å². The van der Waals surface area contributed by atoms with Gasteiger partial charge in [0.2, 0.25) is 10.0 Å². The number of alkyl halides is 3. The topological polar surface area (TPSA) is 150 Å². The number of aliphatic carboxylic acids is 1. The van der Waals surface area contributed by atoms with E-state index < -0.39 is 22.2 Å². The third kappa shape index (κ3) is 5.52. The normalized spacial score (nSPS) is 16.4. The summed E-state index contributed by atoms with van der Waals surface area (Å²) in [6, 6.07) is 4.53. The van der Waals surface area contributed by atoms with Crippen molar-refractivity contribution in [1.82, 2.24) is 24.2 Å². The zero-order valence-corrected chi connectivity index (χ0v) is 16.6.